The van der Waals surface area contributed by atoms with Gasteiger partial charge in [-0.15, -0.1) is 0 Å². The molecule has 0 fully saturated rings. The highest BCUT2D eigenvalue weighted by molar-refractivity contribution is 7.58. The molecule has 3 rings (SSSR count). The third kappa shape index (κ3) is 12.8. The number of nitrogens with one attached hydrogen (secondary N) is 2. The molecule has 0 aliphatic carbocycles. The number of hydrogen-bond donors (Lipinski definition) is 3. The number of rotatable bonds is 15. The van der Waals surface area contributed by atoms with Gasteiger partial charge < -0.3 is 19.9 Å². The van der Waals surface area contributed by atoms with Gasteiger partial charge in [0.2, 0.25) is 19.6 Å². The fourth-order valence-electron chi connectivity index (χ4n) is 4.95. The number of carbonyl (C=O) groups excluding carboxylic acids is 3. The SMILES string of the molecule is CC(=O)O[C@H](OP(=O)(Cc1ccccc1NC(=O)OC(C)(C)C)C[C@@H](Cc1ccc(-c2ccccc2)cc1)C(=O)N[C@@H](C)C(=O)O)C(C)C. The summed E-state index contributed by atoms with van der Waals surface area (Å²) in [7, 11) is -3.97. The number of carboxylic acids is 1. The average Bonchev–Trinajstić information content (AvgIpc) is 3.01. The van der Waals surface area contributed by atoms with Crippen LogP contribution in [0.2, 0.25) is 0 Å². The van der Waals surface area contributed by atoms with Crippen LogP contribution in [0.4, 0.5) is 10.5 Å². The molecule has 3 N–H and O–H groups in total. The van der Waals surface area contributed by atoms with E-state index in [0.717, 1.165) is 16.7 Å². The molecule has 2 amide bonds. The summed E-state index contributed by atoms with van der Waals surface area (Å²) < 4.78 is 32.0. The second-order valence-corrected chi connectivity index (χ2v) is 15.8. The van der Waals surface area contributed by atoms with Crippen molar-refractivity contribution in [2.45, 2.75) is 79.0 Å². The molecule has 4 atom stereocenters. The number of benzene rings is 3. The summed E-state index contributed by atoms with van der Waals surface area (Å²) in [6.07, 6.45) is -2.38. The molecule has 11 nitrogen and oxygen atoms in total. The highest BCUT2D eigenvalue weighted by Gasteiger charge is 2.37. The number of esters is 1. The monoisotopic (exact) mass is 694 g/mol. The molecule has 0 aliphatic rings. The normalized spacial score (nSPS) is 14.5. The van der Waals surface area contributed by atoms with Crippen LogP contribution in [0, 0.1) is 11.8 Å². The van der Waals surface area contributed by atoms with Crippen molar-refractivity contribution in [2.75, 3.05) is 11.5 Å². The van der Waals surface area contributed by atoms with E-state index in [1.807, 2.05) is 54.6 Å². The van der Waals surface area contributed by atoms with E-state index in [1.54, 1.807) is 58.9 Å². The molecule has 0 spiro atoms. The van der Waals surface area contributed by atoms with Crippen LogP contribution in [0.1, 0.15) is 59.6 Å². The summed E-state index contributed by atoms with van der Waals surface area (Å²) in [5.74, 6) is -3.90. The van der Waals surface area contributed by atoms with Crippen molar-refractivity contribution >= 4 is 37.0 Å². The Kier molecular flexibility index (Phi) is 13.7. The first kappa shape index (κ1) is 39.0. The van der Waals surface area contributed by atoms with Gasteiger partial charge in [-0.05, 0) is 62.4 Å². The van der Waals surface area contributed by atoms with Crippen LogP contribution in [0.25, 0.3) is 11.1 Å². The Hall–Kier alpha value is -4.47. The zero-order valence-corrected chi connectivity index (χ0v) is 30.0. The number of hydrogen-bond acceptors (Lipinski definition) is 8. The predicted octanol–water partition coefficient (Wildman–Crippen LogP) is 7.49. The molecule has 0 saturated heterocycles. The maximum atomic E-state index is 15.1. The lowest BCUT2D eigenvalue weighted by molar-refractivity contribution is -0.166. The zero-order chi connectivity index (χ0) is 36.4. The molecule has 3 aromatic carbocycles. The Bertz CT molecular complexity index is 1640. The van der Waals surface area contributed by atoms with E-state index in [4.69, 9.17) is 14.0 Å². The van der Waals surface area contributed by atoms with E-state index in [-0.39, 0.29) is 18.7 Å². The Morgan fingerprint density at radius 2 is 1.45 bits per heavy atom. The third-order valence-corrected chi connectivity index (χ3v) is 9.74. The van der Waals surface area contributed by atoms with Crippen LogP contribution in [0.3, 0.4) is 0 Å². The van der Waals surface area contributed by atoms with Crippen molar-refractivity contribution in [2.24, 2.45) is 11.8 Å². The van der Waals surface area contributed by atoms with Crippen molar-refractivity contribution in [1.82, 2.24) is 5.32 Å². The van der Waals surface area contributed by atoms with Crippen molar-refractivity contribution in [3.63, 3.8) is 0 Å². The summed E-state index contributed by atoms with van der Waals surface area (Å²) in [6, 6.07) is 22.8. The molecule has 264 valence electrons. The van der Waals surface area contributed by atoms with Gasteiger partial charge in [-0.3, -0.25) is 28.8 Å². The summed E-state index contributed by atoms with van der Waals surface area (Å²) in [5, 5.41) is 14.7. The van der Waals surface area contributed by atoms with Crippen molar-refractivity contribution in [1.29, 1.82) is 0 Å². The quantitative estimate of drug-likeness (QED) is 0.0833. The average molecular weight is 695 g/mol. The third-order valence-electron chi connectivity index (χ3n) is 7.33. The summed E-state index contributed by atoms with van der Waals surface area (Å²) in [5.41, 5.74) is 2.73. The molecule has 1 unspecified atom stereocenters. The minimum absolute atomic E-state index is 0.109. The maximum Gasteiger partial charge on any atom is 0.412 e. The van der Waals surface area contributed by atoms with Crippen molar-refractivity contribution < 1.29 is 42.8 Å². The Morgan fingerprint density at radius 1 is 0.857 bits per heavy atom. The van der Waals surface area contributed by atoms with E-state index in [9.17, 15) is 24.3 Å². The first-order chi connectivity index (χ1) is 22.9. The first-order valence-corrected chi connectivity index (χ1v) is 18.1. The van der Waals surface area contributed by atoms with E-state index in [0.29, 0.717) is 11.3 Å². The summed E-state index contributed by atoms with van der Waals surface area (Å²) in [4.78, 5) is 50.1. The molecule has 12 heteroatoms. The van der Waals surface area contributed by atoms with Crippen LogP contribution in [-0.2, 0) is 45.5 Å². The van der Waals surface area contributed by atoms with Gasteiger partial charge in [0.1, 0.15) is 11.6 Å². The lowest BCUT2D eigenvalue weighted by atomic mass is 9.97. The lowest BCUT2D eigenvalue weighted by Crippen LogP contribution is -2.43. The largest absolute Gasteiger partial charge is 0.480 e. The topological polar surface area (TPSA) is 157 Å². The van der Waals surface area contributed by atoms with Crippen molar-refractivity contribution in [3.8, 4) is 11.1 Å². The Balaban J connectivity index is 2.03. The van der Waals surface area contributed by atoms with E-state index >= 15 is 4.57 Å². The van der Waals surface area contributed by atoms with E-state index in [2.05, 4.69) is 10.6 Å². The number of aliphatic carboxylic acids is 1. The smallest absolute Gasteiger partial charge is 0.412 e. The molecular weight excluding hydrogens is 647 g/mol. The van der Waals surface area contributed by atoms with Gasteiger partial charge in [-0.25, -0.2) is 4.79 Å². The standard InChI is InChI=1S/C37H47N2O9P/c1-24(2)35(46-26(4)40)48-49(45,22-30-15-11-12-16-32(30)39-36(44)47-37(5,6)7)23-31(33(41)38-25(3)34(42)43)21-27-17-19-29(20-18-27)28-13-9-8-10-14-28/h8-20,24-25,31,35H,21-23H2,1-7H3,(H,38,41)(H,39,44)(H,42,43)/t25-,31+,35+,49?/m0/s1. The minimum atomic E-state index is -3.97. The highest BCUT2D eigenvalue weighted by Crippen LogP contribution is 2.55. The number of amides is 2. The summed E-state index contributed by atoms with van der Waals surface area (Å²) in [6.45, 7) is 11.2. The van der Waals surface area contributed by atoms with Gasteiger partial charge in [0.05, 0.1) is 12.1 Å². The molecule has 0 saturated carbocycles. The Morgan fingerprint density at radius 3 is 2.02 bits per heavy atom. The second-order valence-electron chi connectivity index (χ2n) is 13.3. The zero-order valence-electron chi connectivity index (χ0n) is 29.1. The summed E-state index contributed by atoms with van der Waals surface area (Å²) >= 11 is 0. The van der Waals surface area contributed by atoms with Gasteiger partial charge in [-0.2, -0.15) is 0 Å². The number of carboxylic acid groups (broad SMARTS) is 1. The minimum Gasteiger partial charge on any atom is -0.480 e. The molecule has 49 heavy (non-hydrogen) atoms. The number of ether oxygens (including phenoxy) is 2. The predicted molar refractivity (Wildman–Crippen MR) is 188 cm³/mol. The van der Waals surface area contributed by atoms with Gasteiger partial charge in [0.15, 0.2) is 0 Å². The highest BCUT2D eigenvalue weighted by atomic mass is 31.2. The van der Waals surface area contributed by atoms with Crippen LogP contribution in [0.15, 0.2) is 78.9 Å². The van der Waals surface area contributed by atoms with Gasteiger partial charge in [-0.1, -0.05) is 86.6 Å². The molecule has 0 radical (unpaired) electrons. The molecular formula is C37H47N2O9P. The molecule has 0 aliphatic heterocycles. The van der Waals surface area contributed by atoms with Crippen LogP contribution >= 0.6 is 7.37 Å². The van der Waals surface area contributed by atoms with Crippen molar-refractivity contribution in [3.05, 3.63) is 90.0 Å². The van der Waals surface area contributed by atoms with Gasteiger partial charge in [0, 0.05) is 24.7 Å². The van der Waals surface area contributed by atoms with E-state index < -0.39 is 61.1 Å². The maximum absolute atomic E-state index is 15.1. The molecule has 0 heterocycles. The van der Waals surface area contributed by atoms with Gasteiger partial charge >= 0.3 is 18.0 Å². The van der Waals surface area contributed by atoms with Crippen LogP contribution < -0.4 is 10.6 Å². The van der Waals surface area contributed by atoms with Crippen LogP contribution in [-0.4, -0.2) is 53.1 Å². The second kappa shape index (κ2) is 17.3. The van der Waals surface area contributed by atoms with Crippen LogP contribution in [0.5, 0.6) is 0 Å². The number of anilines is 1. The van der Waals surface area contributed by atoms with E-state index in [1.165, 1.54) is 13.8 Å². The lowest BCUT2D eigenvalue weighted by Gasteiger charge is -2.30. The van der Waals surface area contributed by atoms with Gasteiger partial charge in [0.25, 0.3) is 0 Å². The fourth-order valence-corrected chi connectivity index (χ4v) is 7.66. The molecule has 0 bridgehead atoms. The fraction of sp³-hybridized carbons (Fsp3) is 0.405. The number of carbonyl (C=O) groups is 4. The molecule has 3 aromatic rings. The number of para-hydroxylation sites is 1. The molecule has 0 aromatic heterocycles. The Labute approximate surface area is 288 Å². The first-order valence-electron chi connectivity index (χ1n) is 16.1.